The van der Waals surface area contributed by atoms with Crippen molar-refractivity contribution in [2.45, 2.75) is 33.4 Å². The quantitative estimate of drug-likeness (QED) is 0.863. The molecule has 0 aliphatic rings. The zero-order valence-corrected chi connectivity index (χ0v) is 14.3. The van der Waals surface area contributed by atoms with Crippen molar-refractivity contribution in [3.05, 3.63) is 22.6 Å². The molecular formula is C14H20BrN5O. The summed E-state index contributed by atoms with van der Waals surface area (Å²) < 4.78 is 7.94. The van der Waals surface area contributed by atoms with Crippen LogP contribution in [0.15, 0.2) is 16.9 Å². The summed E-state index contributed by atoms with van der Waals surface area (Å²) in [6.07, 6.45) is 3.75. The number of halogens is 1. The lowest BCUT2D eigenvalue weighted by Gasteiger charge is -2.11. The number of aromatic nitrogens is 4. The molecule has 0 amide bonds. The maximum atomic E-state index is 5.21. The summed E-state index contributed by atoms with van der Waals surface area (Å²) in [6.45, 7) is 7.40. The van der Waals surface area contributed by atoms with Crippen molar-refractivity contribution in [3.8, 4) is 11.4 Å². The molecule has 2 aromatic heterocycles. The van der Waals surface area contributed by atoms with Gasteiger partial charge >= 0.3 is 0 Å². The summed E-state index contributed by atoms with van der Waals surface area (Å²) in [5, 5.41) is 7.57. The predicted octanol–water partition coefficient (Wildman–Crippen LogP) is 3.26. The first kappa shape index (κ1) is 15.9. The van der Waals surface area contributed by atoms with E-state index in [0.717, 1.165) is 28.1 Å². The molecule has 7 heteroatoms. The second kappa shape index (κ2) is 7.00. The normalized spacial score (nSPS) is 11.1. The molecule has 0 aliphatic carbocycles. The van der Waals surface area contributed by atoms with Crippen LogP contribution in [0.3, 0.4) is 0 Å². The Hall–Kier alpha value is -1.47. The number of hydrogen-bond acceptors (Lipinski definition) is 5. The van der Waals surface area contributed by atoms with Gasteiger partial charge in [-0.1, -0.05) is 0 Å². The monoisotopic (exact) mass is 353 g/mol. The third-order valence-electron chi connectivity index (χ3n) is 2.93. The fraction of sp³-hybridized carbons (Fsp3) is 0.500. The van der Waals surface area contributed by atoms with Gasteiger partial charge < -0.3 is 10.1 Å². The van der Waals surface area contributed by atoms with Crippen LogP contribution in [0.5, 0.6) is 0 Å². The molecular weight excluding hydrogens is 334 g/mol. The lowest BCUT2D eigenvalue weighted by molar-refractivity contribution is 0.181. The van der Waals surface area contributed by atoms with Gasteiger partial charge in [-0.2, -0.15) is 5.10 Å². The van der Waals surface area contributed by atoms with Gasteiger partial charge in [-0.3, -0.25) is 4.68 Å². The van der Waals surface area contributed by atoms with E-state index in [9.17, 15) is 0 Å². The van der Waals surface area contributed by atoms with Crippen LogP contribution in [0.25, 0.3) is 11.4 Å². The first-order valence-electron chi connectivity index (χ1n) is 6.90. The van der Waals surface area contributed by atoms with Crippen molar-refractivity contribution in [1.29, 1.82) is 0 Å². The molecule has 2 heterocycles. The highest BCUT2D eigenvalue weighted by molar-refractivity contribution is 9.10. The summed E-state index contributed by atoms with van der Waals surface area (Å²) in [4.78, 5) is 9.14. The predicted molar refractivity (Wildman–Crippen MR) is 86.2 cm³/mol. The van der Waals surface area contributed by atoms with Crippen molar-refractivity contribution >= 4 is 21.7 Å². The summed E-state index contributed by atoms with van der Waals surface area (Å²) in [7, 11) is 1.65. The van der Waals surface area contributed by atoms with Gasteiger partial charge in [0.25, 0.3) is 0 Å². The Morgan fingerprint density at radius 2 is 2.14 bits per heavy atom. The van der Waals surface area contributed by atoms with Crippen LogP contribution >= 0.6 is 15.9 Å². The molecule has 0 saturated heterocycles. The second-order valence-corrected chi connectivity index (χ2v) is 5.72. The fourth-order valence-electron chi connectivity index (χ4n) is 1.88. The van der Waals surface area contributed by atoms with Gasteiger partial charge in [-0.25, -0.2) is 9.97 Å². The Morgan fingerprint density at radius 3 is 2.71 bits per heavy atom. The van der Waals surface area contributed by atoms with Gasteiger partial charge in [-0.15, -0.1) is 0 Å². The van der Waals surface area contributed by atoms with Crippen LogP contribution in [0, 0.1) is 0 Å². The molecule has 1 N–H and O–H groups in total. The lowest BCUT2D eigenvalue weighted by Crippen LogP contribution is -2.06. The zero-order valence-electron chi connectivity index (χ0n) is 12.7. The van der Waals surface area contributed by atoms with Crippen molar-refractivity contribution in [2.24, 2.45) is 0 Å². The average molecular weight is 354 g/mol. The third-order valence-corrected chi connectivity index (χ3v) is 3.77. The largest absolute Gasteiger partial charge is 0.378 e. The van der Waals surface area contributed by atoms with E-state index in [4.69, 9.17) is 4.74 Å². The third kappa shape index (κ3) is 3.59. The van der Waals surface area contributed by atoms with Crippen molar-refractivity contribution < 1.29 is 4.74 Å². The van der Waals surface area contributed by atoms with Crippen molar-refractivity contribution in [2.75, 3.05) is 19.0 Å². The molecule has 0 aromatic carbocycles. The van der Waals surface area contributed by atoms with Crippen LogP contribution in [0.4, 0.5) is 5.82 Å². The van der Waals surface area contributed by atoms with E-state index in [-0.39, 0.29) is 0 Å². The molecule has 0 bridgehead atoms. The number of nitrogens with one attached hydrogen (secondary N) is 1. The van der Waals surface area contributed by atoms with E-state index in [0.29, 0.717) is 18.5 Å². The number of anilines is 1. The van der Waals surface area contributed by atoms with E-state index in [1.807, 2.05) is 17.8 Å². The first-order valence-corrected chi connectivity index (χ1v) is 7.69. The number of rotatable bonds is 6. The lowest BCUT2D eigenvalue weighted by atomic mass is 10.3. The SMILES string of the molecule is CCNc1nc(-c2cnn(C(C)C)c2)nc(COC)c1Br. The summed E-state index contributed by atoms with van der Waals surface area (Å²) >= 11 is 3.53. The maximum Gasteiger partial charge on any atom is 0.165 e. The number of ether oxygens (including phenoxy) is 1. The highest BCUT2D eigenvalue weighted by Crippen LogP contribution is 2.27. The van der Waals surface area contributed by atoms with Gasteiger partial charge in [0.15, 0.2) is 5.82 Å². The summed E-state index contributed by atoms with van der Waals surface area (Å²) in [6, 6.07) is 0.306. The molecule has 0 atom stereocenters. The Balaban J connectivity index is 2.46. The summed E-state index contributed by atoms with van der Waals surface area (Å²) in [5.74, 6) is 1.42. The van der Waals surface area contributed by atoms with Gasteiger partial charge in [0.05, 0.1) is 28.5 Å². The fourth-order valence-corrected chi connectivity index (χ4v) is 2.31. The second-order valence-electron chi connectivity index (χ2n) is 4.92. The minimum atomic E-state index is 0.306. The standard InChI is InChI=1S/C14H20BrN5O/c1-5-16-14-12(15)11(8-21-4)18-13(19-14)10-6-17-20(7-10)9(2)3/h6-7,9H,5,8H2,1-4H3,(H,16,18,19). The molecule has 114 valence electrons. The summed E-state index contributed by atoms with van der Waals surface area (Å²) in [5.41, 5.74) is 1.71. The number of methoxy groups -OCH3 is 1. The molecule has 2 rings (SSSR count). The molecule has 0 spiro atoms. The molecule has 0 saturated carbocycles. The van der Waals surface area contributed by atoms with Crippen molar-refractivity contribution in [1.82, 2.24) is 19.7 Å². The van der Waals surface area contributed by atoms with Crippen LogP contribution in [-0.2, 0) is 11.3 Å². The Bertz CT molecular complexity index is 584. The maximum absolute atomic E-state index is 5.21. The van der Waals surface area contributed by atoms with Gasteiger partial charge in [-0.05, 0) is 36.7 Å². The topological polar surface area (TPSA) is 64.9 Å². The Kier molecular flexibility index (Phi) is 5.30. The Morgan fingerprint density at radius 1 is 1.38 bits per heavy atom. The molecule has 0 unspecified atom stereocenters. The van der Waals surface area contributed by atoms with Crippen LogP contribution in [-0.4, -0.2) is 33.4 Å². The van der Waals surface area contributed by atoms with E-state index in [2.05, 4.69) is 50.2 Å². The van der Waals surface area contributed by atoms with Gasteiger partial charge in [0.2, 0.25) is 0 Å². The molecule has 21 heavy (non-hydrogen) atoms. The molecule has 6 nitrogen and oxygen atoms in total. The van der Waals surface area contributed by atoms with Crippen LogP contribution in [0.2, 0.25) is 0 Å². The molecule has 0 fully saturated rings. The Labute approximate surface area is 133 Å². The highest BCUT2D eigenvalue weighted by Gasteiger charge is 2.14. The molecule has 0 aliphatic heterocycles. The zero-order chi connectivity index (χ0) is 15.4. The molecule has 0 radical (unpaired) electrons. The smallest absolute Gasteiger partial charge is 0.165 e. The van der Waals surface area contributed by atoms with Gasteiger partial charge in [0, 0.05) is 25.9 Å². The van der Waals surface area contributed by atoms with Crippen molar-refractivity contribution in [3.63, 3.8) is 0 Å². The number of hydrogen-bond donors (Lipinski definition) is 1. The van der Waals surface area contributed by atoms with E-state index < -0.39 is 0 Å². The minimum Gasteiger partial charge on any atom is -0.378 e. The van der Waals surface area contributed by atoms with Crippen LogP contribution < -0.4 is 5.32 Å². The average Bonchev–Trinajstić information content (AvgIpc) is 2.93. The van der Waals surface area contributed by atoms with E-state index in [1.165, 1.54) is 0 Å². The highest BCUT2D eigenvalue weighted by atomic mass is 79.9. The molecule has 2 aromatic rings. The van der Waals surface area contributed by atoms with Gasteiger partial charge in [0.1, 0.15) is 5.82 Å². The van der Waals surface area contributed by atoms with E-state index >= 15 is 0 Å². The first-order chi connectivity index (χ1) is 10.1. The van der Waals surface area contributed by atoms with E-state index in [1.54, 1.807) is 13.3 Å². The minimum absolute atomic E-state index is 0.306. The van der Waals surface area contributed by atoms with Crippen LogP contribution in [0.1, 0.15) is 32.5 Å². The number of nitrogens with zero attached hydrogens (tertiary/aromatic N) is 4.